The second kappa shape index (κ2) is 9.53. The van der Waals surface area contributed by atoms with Crippen LogP contribution in [0.2, 0.25) is 0 Å². The van der Waals surface area contributed by atoms with Gasteiger partial charge >= 0.3 is 0 Å². The van der Waals surface area contributed by atoms with Crippen LogP contribution >= 0.6 is 0 Å². The second-order valence-electron chi connectivity index (χ2n) is 12.3. The number of piperidine rings is 2. The summed E-state index contributed by atoms with van der Waals surface area (Å²) >= 11 is 0. The highest BCUT2D eigenvalue weighted by Crippen LogP contribution is 2.54. The van der Waals surface area contributed by atoms with Gasteiger partial charge in [-0.05, 0) is 76.0 Å². The van der Waals surface area contributed by atoms with E-state index in [0.29, 0.717) is 46.7 Å². The molecule has 40 heavy (non-hydrogen) atoms. The molecule has 2 aromatic rings. The molecule has 2 N–H and O–H groups in total. The molecule has 9 nitrogen and oxygen atoms in total. The lowest BCUT2D eigenvalue weighted by Crippen LogP contribution is -2.40. The third-order valence-electron chi connectivity index (χ3n) is 9.10. The van der Waals surface area contributed by atoms with Gasteiger partial charge in [0.1, 0.15) is 5.82 Å². The van der Waals surface area contributed by atoms with E-state index in [-0.39, 0.29) is 31.9 Å². The zero-order valence-corrected chi connectivity index (χ0v) is 23.8. The summed E-state index contributed by atoms with van der Waals surface area (Å²) in [6, 6.07) is 6.74. The monoisotopic (exact) mass is 574 g/mol. The Kier molecular flexibility index (Phi) is 6.47. The molecule has 2 saturated carbocycles. The number of halogens is 2. The van der Waals surface area contributed by atoms with Crippen molar-refractivity contribution >= 4 is 39.1 Å². The minimum absolute atomic E-state index is 0.102. The van der Waals surface area contributed by atoms with Crippen molar-refractivity contribution in [2.75, 3.05) is 46.0 Å². The molecule has 0 unspecified atom stereocenters. The van der Waals surface area contributed by atoms with E-state index < -0.39 is 26.6 Å². The largest absolute Gasteiger partial charge is 0.371 e. The average Bonchev–Trinajstić information content (AvgIpc) is 3.82. The highest BCUT2D eigenvalue weighted by Gasteiger charge is 2.50. The number of alkyl halides is 2. The molecule has 2 aliphatic heterocycles. The zero-order chi connectivity index (χ0) is 28.3. The lowest BCUT2D eigenvalue weighted by Gasteiger charge is -2.35. The lowest BCUT2D eigenvalue weighted by atomic mass is 9.93. The first-order valence-electron chi connectivity index (χ1n) is 14.1. The van der Waals surface area contributed by atoms with Gasteiger partial charge in [0, 0.05) is 50.8 Å². The number of nitrogens with zero attached hydrogens (tertiary/aromatic N) is 4. The maximum absolute atomic E-state index is 13.7. The Balaban J connectivity index is 1.25. The first kappa shape index (κ1) is 27.2. The Hall–Kier alpha value is -3.02. The van der Waals surface area contributed by atoms with Crippen LogP contribution in [-0.4, -0.2) is 61.1 Å². The van der Waals surface area contributed by atoms with Crippen molar-refractivity contribution in [3.63, 3.8) is 0 Å². The SMILES string of the molecule is Cc1cc(N2CCC(F)(F)CC2)nc(NC(=O)c2ccc(NS(=O)(=O)C3(C)CC3)cc2N2CCC3(CC2)CC3)n1. The molecule has 4 aliphatic rings. The van der Waals surface area contributed by atoms with Crippen molar-refractivity contribution in [2.24, 2.45) is 5.41 Å². The van der Waals surface area contributed by atoms with Gasteiger partial charge in [-0.1, -0.05) is 0 Å². The van der Waals surface area contributed by atoms with Crippen LogP contribution in [0.1, 0.15) is 74.3 Å². The molecule has 1 spiro atoms. The van der Waals surface area contributed by atoms with E-state index in [1.807, 2.05) is 0 Å². The van der Waals surface area contributed by atoms with Crippen molar-refractivity contribution in [3.05, 3.63) is 35.5 Å². The van der Waals surface area contributed by atoms with Crippen molar-refractivity contribution in [3.8, 4) is 0 Å². The van der Waals surface area contributed by atoms with Gasteiger partial charge in [0.05, 0.1) is 21.7 Å². The highest BCUT2D eigenvalue weighted by atomic mass is 32.2. The first-order chi connectivity index (χ1) is 18.9. The number of sulfonamides is 1. The van der Waals surface area contributed by atoms with Crippen molar-refractivity contribution in [2.45, 2.75) is 75.9 Å². The van der Waals surface area contributed by atoms with E-state index >= 15 is 0 Å². The Morgan fingerprint density at radius 1 is 0.900 bits per heavy atom. The normalized spacial score (nSPS) is 22.6. The smallest absolute Gasteiger partial charge is 0.260 e. The van der Waals surface area contributed by atoms with Gasteiger partial charge in [0.15, 0.2) is 0 Å². The van der Waals surface area contributed by atoms with E-state index in [1.54, 1.807) is 43.0 Å². The van der Waals surface area contributed by atoms with Crippen LogP contribution in [0.3, 0.4) is 0 Å². The molecule has 3 heterocycles. The van der Waals surface area contributed by atoms with Crippen LogP contribution < -0.4 is 19.8 Å². The predicted molar refractivity (Wildman–Crippen MR) is 151 cm³/mol. The number of carbonyl (C=O) groups is 1. The molecule has 2 aliphatic carbocycles. The molecule has 4 fully saturated rings. The van der Waals surface area contributed by atoms with Gasteiger partial charge < -0.3 is 9.80 Å². The number of anilines is 4. The van der Waals surface area contributed by atoms with E-state index in [1.165, 1.54) is 12.8 Å². The Morgan fingerprint density at radius 3 is 2.17 bits per heavy atom. The summed E-state index contributed by atoms with van der Waals surface area (Å²) in [5.41, 5.74) is 2.55. The topological polar surface area (TPSA) is 108 Å². The number of carbonyl (C=O) groups excluding carboxylic acids is 1. The molecule has 1 amide bonds. The summed E-state index contributed by atoms with van der Waals surface area (Å²) in [6.07, 6.45) is 5.34. The molecule has 0 bridgehead atoms. The van der Waals surface area contributed by atoms with Crippen LogP contribution in [0.25, 0.3) is 0 Å². The van der Waals surface area contributed by atoms with Gasteiger partial charge in [-0.3, -0.25) is 14.8 Å². The third-order valence-corrected chi connectivity index (χ3v) is 11.3. The van der Waals surface area contributed by atoms with Gasteiger partial charge in [-0.2, -0.15) is 4.98 Å². The number of hydrogen-bond acceptors (Lipinski definition) is 7. The minimum Gasteiger partial charge on any atom is -0.371 e. The van der Waals surface area contributed by atoms with Crippen molar-refractivity contribution in [1.29, 1.82) is 0 Å². The summed E-state index contributed by atoms with van der Waals surface area (Å²) in [4.78, 5) is 26.4. The standard InChI is InChI=1S/C28H36F2N6O3S/c1-19-17-23(36-15-11-28(29,30)12-16-36)32-25(31-19)33-24(37)21-4-3-20(34-40(38,39)26(2)5-6-26)18-22(21)35-13-9-27(7-8-27)10-14-35/h3-4,17-18,34H,5-16H2,1-2H3,(H,31,32,33,37). The van der Waals surface area contributed by atoms with Gasteiger partial charge in [0.2, 0.25) is 16.0 Å². The van der Waals surface area contributed by atoms with Gasteiger partial charge in [-0.15, -0.1) is 0 Å². The molecule has 1 aromatic carbocycles. The van der Waals surface area contributed by atoms with Gasteiger partial charge in [-0.25, -0.2) is 22.2 Å². The van der Waals surface area contributed by atoms with Crippen LogP contribution in [0, 0.1) is 12.3 Å². The number of hydrogen-bond donors (Lipinski definition) is 2. The summed E-state index contributed by atoms with van der Waals surface area (Å²) in [6.45, 7) is 5.44. The fourth-order valence-corrected chi connectivity index (χ4v) is 7.00. The van der Waals surface area contributed by atoms with Crippen LogP contribution in [-0.2, 0) is 10.0 Å². The number of aromatic nitrogens is 2. The van der Waals surface area contributed by atoms with E-state index in [9.17, 15) is 22.0 Å². The van der Waals surface area contributed by atoms with E-state index in [0.717, 1.165) is 25.9 Å². The number of aryl methyl sites for hydroxylation is 1. The molecular formula is C28H36F2N6O3S. The Bertz CT molecular complexity index is 1420. The Morgan fingerprint density at radius 2 is 1.55 bits per heavy atom. The number of nitrogens with one attached hydrogen (secondary N) is 2. The summed E-state index contributed by atoms with van der Waals surface area (Å²) < 4.78 is 55.1. The van der Waals surface area contributed by atoms with E-state index in [2.05, 4.69) is 24.9 Å². The summed E-state index contributed by atoms with van der Waals surface area (Å²) in [5, 5.41) is 2.80. The van der Waals surface area contributed by atoms with Crippen LogP contribution in [0.5, 0.6) is 0 Å². The first-order valence-corrected chi connectivity index (χ1v) is 15.6. The highest BCUT2D eigenvalue weighted by molar-refractivity contribution is 7.94. The molecule has 1 aromatic heterocycles. The lowest BCUT2D eigenvalue weighted by molar-refractivity contribution is -0.0221. The summed E-state index contributed by atoms with van der Waals surface area (Å²) in [7, 11) is -3.55. The molecule has 6 rings (SSSR count). The molecular weight excluding hydrogens is 538 g/mol. The number of benzene rings is 1. The average molecular weight is 575 g/mol. The molecule has 0 atom stereocenters. The zero-order valence-electron chi connectivity index (χ0n) is 23.0. The molecule has 2 saturated heterocycles. The van der Waals surface area contributed by atoms with Crippen LogP contribution in [0.4, 0.5) is 31.9 Å². The van der Waals surface area contributed by atoms with Crippen molar-refractivity contribution < 1.29 is 22.0 Å². The van der Waals surface area contributed by atoms with Crippen LogP contribution in [0.15, 0.2) is 24.3 Å². The molecule has 0 radical (unpaired) electrons. The number of rotatable bonds is 7. The maximum atomic E-state index is 13.7. The van der Waals surface area contributed by atoms with Crippen molar-refractivity contribution in [1.82, 2.24) is 9.97 Å². The number of amides is 1. The Labute approximate surface area is 233 Å². The summed E-state index contributed by atoms with van der Waals surface area (Å²) in [5.74, 6) is -2.48. The van der Waals surface area contributed by atoms with E-state index in [4.69, 9.17) is 0 Å². The molecule has 12 heteroatoms. The quantitative estimate of drug-likeness (QED) is 0.482. The fraction of sp³-hybridized carbons (Fsp3) is 0.607. The second-order valence-corrected chi connectivity index (χ2v) is 14.5. The third kappa shape index (κ3) is 5.46. The molecule has 216 valence electrons. The van der Waals surface area contributed by atoms with Gasteiger partial charge in [0.25, 0.3) is 11.8 Å². The minimum atomic E-state index is -3.55. The maximum Gasteiger partial charge on any atom is 0.260 e. The fourth-order valence-electron chi connectivity index (χ4n) is 5.67. The predicted octanol–water partition coefficient (Wildman–Crippen LogP) is 4.95.